The fraction of sp³-hybridized carbons (Fsp3) is 0.700. The van der Waals surface area contributed by atoms with Crippen molar-refractivity contribution in [3.63, 3.8) is 0 Å². The van der Waals surface area contributed by atoms with Crippen LogP contribution in [0.5, 0.6) is 0 Å². The van der Waals surface area contributed by atoms with Crippen molar-refractivity contribution < 1.29 is 4.74 Å². The highest BCUT2D eigenvalue weighted by Crippen LogP contribution is 2.18. The summed E-state index contributed by atoms with van der Waals surface area (Å²) >= 11 is 0. The van der Waals surface area contributed by atoms with Gasteiger partial charge in [0.1, 0.15) is 11.9 Å². The molecule has 0 radical (unpaired) electrons. The van der Waals surface area contributed by atoms with Gasteiger partial charge in [-0.3, -0.25) is 0 Å². The second-order valence-electron chi connectivity index (χ2n) is 3.67. The molecule has 13 heavy (non-hydrogen) atoms. The van der Waals surface area contributed by atoms with E-state index in [-0.39, 0.29) is 6.10 Å². The molecule has 0 saturated heterocycles. The topological polar surface area (TPSA) is 27.1 Å². The number of aryl methyl sites for hydroxylation is 1. The maximum absolute atomic E-state index is 5.23. The Hall–Kier alpha value is -0.830. The van der Waals surface area contributed by atoms with Crippen molar-refractivity contribution in [1.29, 1.82) is 0 Å². The molecule has 1 unspecified atom stereocenters. The molecule has 1 aromatic heterocycles. The lowest BCUT2D eigenvalue weighted by atomic mass is 10.2. The van der Waals surface area contributed by atoms with Crippen LogP contribution in [-0.4, -0.2) is 16.7 Å². The molecule has 1 atom stereocenters. The third-order valence-electron chi connectivity index (χ3n) is 2.24. The van der Waals surface area contributed by atoms with Crippen molar-refractivity contribution in [3.05, 3.63) is 17.7 Å². The zero-order valence-corrected chi connectivity index (χ0v) is 9.03. The third kappa shape index (κ3) is 2.10. The molecule has 3 heteroatoms. The molecule has 0 amide bonds. The van der Waals surface area contributed by atoms with Crippen LogP contribution < -0.4 is 0 Å². The van der Waals surface area contributed by atoms with Crippen LogP contribution in [0, 0.1) is 0 Å². The summed E-state index contributed by atoms with van der Waals surface area (Å²) in [7, 11) is 3.71. The molecule has 3 nitrogen and oxygen atoms in total. The first-order valence-corrected chi connectivity index (χ1v) is 4.62. The van der Waals surface area contributed by atoms with Crippen LogP contribution in [0.2, 0.25) is 0 Å². The average Bonchev–Trinajstić information content (AvgIpc) is 2.46. The van der Waals surface area contributed by atoms with E-state index in [4.69, 9.17) is 4.74 Å². The lowest BCUT2D eigenvalue weighted by Crippen LogP contribution is -2.04. The van der Waals surface area contributed by atoms with Gasteiger partial charge >= 0.3 is 0 Å². The van der Waals surface area contributed by atoms with E-state index in [1.54, 1.807) is 7.11 Å². The molecule has 0 aliphatic rings. The summed E-state index contributed by atoms with van der Waals surface area (Å²) in [5.74, 6) is 1.47. The number of hydrogen-bond donors (Lipinski definition) is 0. The Labute approximate surface area is 79.7 Å². The zero-order chi connectivity index (χ0) is 10.0. The molecule has 1 rings (SSSR count). The van der Waals surface area contributed by atoms with Crippen LogP contribution in [0.3, 0.4) is 0 Å². The quantitative estimate of drug-likeness (QED) is 0.717. The highest BCUT2D eigenvalue weighted by molar-refractivity contribution is 5.09. The van der Waals surface area contributed by atoms with Crippen molar-refractivity contribution in [3.8, 4) is 0 Å². The number of ether oxygens (including phenoxy) is 1. The summed E-state index contributed by atoms with van der Waals surface area (Å²) in [4.78, 5) is 4.52. The fourth-order valence-corrected chi connectivity index (χ4v) is 1.27. The summed E-state index contributed by atoms with van der Waals surface area (Å²) in [6.45, 7) is 6.29. The highest BCUT2D eigenvalue weighted by atomic mass is 16.5. The van der Waals surface area contributed by atoms with Crippen LogP contribution in [0.4, 0.5) is 0 Å². The van der Waals surface area contributed by atoms with Crippen LogP contribution >= 0.6 is 0 Å². The smallest absolute Gasteiger partial charge is 0.137 e. The van der Waals surface area contributed by atoms with E-state index >= 15 is 0 Å². The average molecular weight is 182 g/mol. The lowest BCUT2D eigenvalue weighted by molar-refractivity contribution is 0.109. The molecular formula is C10H18N2O. The van der Waals surface area contributed by atoms with Gasteiger partial charge in [-0.1, -0.05) is 13.8 Å². The Kier molecular flexibility index (Phi) is 3.09. The van der Waals surface area contributed by atoms with E-state index in [2.05, 4.69) is 25.0 Å². The molecule has 0 aliphatic heterocycles. The van der Waals surface area contributed by atoms with Gasteiger partial charge in [-0.25, -0.2) is 4.98 Å². The number of hydrogen-bond acceptors (Lipinski definition) is 2. The Morgan fingerprint density at radius 3 is 2.38 bits per heavy atom. The summed E-state index contributed by atoms with van der Waals surface area (Å²) in [5.41, 5.74) is 1.13. The number of rotatable bonds is 3. The van der Waals surface area contributed by atoms with Crippen LogP contribution in [0.25, 0.3) is 0 Å². The Morgan fingerprint density at radius 1 is 1.38 bits per heavy atom. The molecule has 0 spiro atoms. The lowest BCUT2D eigenvalue weighted by Gasteiger charge is -2.08. The van der Waals surface area contributed by atoms with Gasteiger partial charge in [-0.05, 0) is 12.8 Å². The number of methoxy groups -OCH3 is 1. The van der Waals surface area contributed by atoms with Crippen molar-refractivity contribution >= 4 is 0 Å². The minimum atomic E-state index is 0.0671. The first-order chi connectivity index (χ1) is 6.06. The molecule has 74 valence electrons. The largest absolute Gasteiger partial charge is 0.374 e. The van der Waals surface area contributed by atoms with Gasteiger partial charge in [0.2, 0.25) is 0 Å². The summed E-state index contributed by atoms with van der Waals surface area (Å²) < 4.78 is 7.26. The molecule has 0 aromatic carbocycles. The Balaban J connectivity index is 2.96. The molecule has 0 bridgehead atoms. The van der Waals surface area contributed by atoms with Gasteiger partial charge in [0, 0.05) is 20.4 Å². The molecule has 1 aromatic rings. The summed E-state index contributed by atoms with van der Waals surface area (Å²) in [6, 6.07) is 0. The molecule has 0 fully saturated rings. The normalized spacial score (nSPS) is 13.7. The minimum Gasteiger partial charge on any atom is -0.374 e. The first kappa shape index (κ1) is 10.3. The fourth-order valence-electron chi connectivity index (χ4n) is 1.27. The maximum Gasteiger partial charge on any atom is 0.137 e. The van der Waals surface area contributed by atoms with Crippen molar-refractivity contribution in [2.75, 3.05) is 7.11 Å². The van der Waals surface area contributed by atoms with Gasteiger partial charge in [0.15, 0.2) is 0 Å². The van der Waals surface area contributed by atoms with Gasteiger partial charge in [0.25, 0.3) is 0 Å². The molecule has 0 saturated carbocycles. The second-order valence-corrected chi connectivity index (χ2v) is 3.67. The molecular weight excluding hydrogens is 164 g/mol. The van der Waals surface area contributed by atoms with Gasteiger partial charge < -0.3 is 9.30 Å². The Morgan fingerprint density at radius 2 is 2.00 bits per heavy atom. The van der Waals surface area contributed by atoms with Crippen molar-refractivity contribution in [2.45, 2.75) is 32.8 Å². The van der Waals surface area contributed by atoms with E-state index in [0.717, 1.165) is 11.5 Å². The standard InChI is InChI=1S/C10H18N2O/c1-7(2)9-6-12(4)10(11-9)8(3)13-5/h6-8H,1-5H3. The minimum absolute atomic E-state index is 0.0671. The maximum atomic E-state index is 5.23. The zero-order valence-electron chi connectivity index (χ0n) is 9.03. The predicted octanol–water partition coefficient (Wildman–Crippen LogP) is 2.25. The molecule has 0 N–H and O–H groups in total. The monoisotopic (exact) mass is 182 g/mol. The number of imidazole rings is 1. The van der Waals surface area contributed by atoms with Crippen molar-refractivity contribution in [2.24, 2.45) is 7.05 Å². The highest BCUT2D eigenvalue weighted by Gasteiger charge is 2.13. The van der Waals surface area contributed by atoms with E-state index in [1.807, 2.05) is 18.5 Å². The van der Waals surface area contributed by atoms with Crippen LogP contribution in [0.1, 0.15) is 44.3 Å². The van der Waals surface area contributed by atoms with E-state index in [1.165, 1.54) is 0 Å². The summed E-state index contributed by atoms with van der Waals surface area (Å²) in [5, 5.41) is 0. The summed E-state index contributed by atoms with van der Waals surface area (Å²) in [6.07, 6.45) is 2.13. The molecule has 1 heterocycles. The Bertz CT molecular complexity index is 278. The number of aromatic nitrogens is 2. The van der Waals surface area contributed by atoms with Gasteiger partial charge in [0.05, 0.1) is 5.69 Å². The van der Waals surface area contributed by atoms with E-state index < -0.39 is 0 Å². The SMILES string of the molecule is COC(C)c1nc(C(C)C)cn1C. The van der Waals surface area contributed by atoms with Crippen LogP contribution in [-0.2, 0) is 11.8 Å². The van der Waals surface area contributed by atoms with Crippen LogP contribution in [0.15, 0.2) is 6.20 Å². The predicted molar refractivity (Wildman–Crippen MR) is 52.7 cm³/mol. The molecule has 0 aliphatic carbocycles. The van der Waals surface area contributed by atoms with E-state index in [9.17, 15) is 0 Å². The van der Waals surface area contributed by atoms with Gasteiger partial charge in [-0.15, -0.1) is 0 Å². The number of nitrogens with zero attached hydrogens (tertiary/aromatic N) is 2. The van der Waals surface area contributed by atoms with Gasteiger partial charge in [-0.2, -0.15) is 0 Å². The first-order valence-electron chi connectivity index (χ1n) is 4.62. The van der Waals surface area contributed by atoms with E-state index in [0.29, 0.717) is 5.92 Å². The second kappa shape index (κ2) is 3.92. The third-order valence-corrected chi connectivity index (χ3v) is 2.24. The van der Waals surface area contributed by atoms with Crippen molar-refractivity contribution in [1.82, 2.24) is 9.55 Å².